The summed E-state index contributed by atoms with van der Waals surface area (Å²) in [7, 11) is 0. The maximum atomic E-state index is 8.43. The fourth-order valence-corrected chi connectivity index (χ4v) is 1.88. The van der Waals surface area contributed by atoms with Crippen LogP contribution in [0.2, 0.25) is 0 Å². The summed E-state index contributed by atoms with van der Waals surface area (Å²) in [5, 5.41) is 12.7. The molecule has 13 heavy (non-hydrogen) atoms. The van der Waals surface area contributed by atoms with Crippen LogP contribution in [0.25, 0.3) is 0 Å². The molecule has 0 atom stereocenters. The average molecular weight is 271 g/mol. The Labute approximate surface area is 93.8 Å². The summed E-state index contributed by atoms with van der Waals surface area (Å²) in [6, 6.07) is 5.41. The predicted octanol–water partition coefficient (Wildman–Crippen LogP) is 3.76. The van der Waals surface area contributed by atoms with Gasteiger partial charge in [0.2, 0.25) is 0 Å². The zero-order valence-electron chi connectivity index (χ0n) is 6.32. The number of nitrogens with zero attached hydrogens (tertiary/aromatic N) is 2. The molecule has 5 heteroatoms. The van der Waals surface area contributed by atoms with Gasteiger partial charge >= 0.3 is 0 Å². The fraction of sp³-hybridized carbons (Fsp3) is 0. The van der Waals surface area contributed by atoms with Gasteiger partial charge in [-0.2, -0.15) is 10.3 Å². The Morgan fingerprint density at radius 3 is 2.85 bits per heavy atom. The monoisotopic (exact) mass is 270 g/mol. The van der Waals surface area contributed by atoms with Crippen molar-refractivity contribution in [1.29, 1.82) is 5.26 Å². The van der Waals surface area contributed by atoms with E-state index >= 15 is 0 Å². The summed E-state index contributed by atoms with van der Waals surface area (Å²) >= 11 is 8.90. The first-order chi connectivity index (χ1) is 6.27. The molecule has 0 fully saturated rings. The molecule has 0 radical (unpaired) electrons. The highest BCUT2D eigenvalue weighted by atomic mass is 79.9. The van der Waals surface area contributed by atoms with E-state index in [1.807, 2.05) is 17.5 Å². The molecule has 0 saturated carbocycles. The van der Waals surface area contributed by atoms with Crippen molar-refractivity contribution in [3.8, 4) is 5.40 Å². The molecule has 0 amide bonds. The van der Waals surface area contributed by atoms with Crippen LogP contribution in [0.3, 0.4) is 0 Å². The van der Waals surface area contributed by atoms with Crippen LogP contribution < -0.4 is 0 Å². The Bertz CT molecular complexity index is 405. The van der Waals surface area contributed by atoms with E-state index in [4.69, 9.17) is 5.26 Å². The Morgan fingerprint density at radius 1 is 1.54 bits per heavy atom. The molecule has 0 heterocycles. The van der Waals surface area contributed by atoms with E-state index in [2.05, 4.69) is 38.3 Å². The Kier molecular flexibility index (Phi) is 4.13. The molecule has 0 unspecified atom stereocenters. The molecule has 0 spiro atoms. The van der Waals surface area contributed by atoms with Gasteiger partial charge in [0.1, 0.15) is 5.40 Å². The van der Waals surface area contributed by atoms with Gasteiger partial charge < -0.3 is 0 Å². The van der Waals surface area contributed by atoms with Gasteiger partial charge in [0.15, 0.2) is 0 Å². The number of nitriles is 1. The maximum Gasteiger partial charge on any atom is 0.138 e. The first-order valence-electron chi connectivity index (χ1n) is 3.21. The van der Waals surface area contributed by atoms with Gasteiger partial charge in [-0.25, -0.2) is 0 Å². The molecule has 0 bridgehead atoms. The Hall–Kier alpha value is -0.660. The summed E-state index contributed by atoms with van der Waals surface area (Å²) in [5.74, 6) is 0. The minimum atomic E-state index is 0.720. The van der Waals surface area contributed by atoms with Crippen molar-refractivity contribution in [3.05, 3.63) is 22.7 Å². The number of thiocyanates is 1. The third-order valence-corrected chi connectivity index (χ3v) is 2.56. The molecular formula is C8H3BrN2S2. The lowest BCUT2D eigenvalue weighted by atomic mass is 10.3. The van der Waals surface area contributed by atoms with Crippen molar-refractivity contribution in [2.45, 2.75) is 4.90 Å². The topological polar surface area (TPSA) is 36.1 Å². The number of benzene rings is 1. The lowest BCUT2D eigenvalue weighted by Crippen LogP contribution is -1.71. The van der Waals surface area contributed by atoms with Crippen molar-refractivity contribution < 1.29 is 0 Å². The van der Waals surface area contributed by atoms with Crippen LogP contribution in [0.15, 0.2) is 32.6 Å². The highest BCUT2D eigenvalue weighted by Gasteiger charge is 1.99. The predicted molar refractivity (Wildman–Crippen MR) is 60.3 cm³/mol. The molecule has 0 aliphatic heterocycles. The normalized spacial score (nSPS) is 8.62. The van der Waals surface area contributed by atoms with Gasteiger partial charge in [-0.05, 0) is 58.1 Å². The van der Waals surface area contributed by atoms with Crippen molar-refractivity contribution in [2.75, 3.05) is 0 Å². The Balaban J connectivity index is 3.06. The van der Waals surface area contributed by atoms with Gasteiger partial charge in [-0.3, -0.25) is 0 Å². The first kappa shape index (κ1) is 10.4. The van der Waals surface area contributed by atoms with Gasteiger partial charge in [-0.1, -0.05) is 0 Å². The van der Waals surface area contributed by atoms with E-state index in [0.717, 1.165) is 26.8 Å². The van der Waals surface area contributed by atoms with Gasteiger partial charge in [0, 0.05) is 9.37 Å². The number of thiocarbonyl (C=S) groups is 1. The molecule has 0 aliphatic rings. The number of isothiocyanates is 1. The van der Waals surface area contributed by atoms with E-state index in [1.165, 1.54) is 0 Å². The van der Waals surface area contributed by atoms with Crippen molar-refractivity contribution in [3.63, 3.8) is 0 Å². The maximum absolute atomic E-state index is 8.43. The molecule has 1 rings (SSSR count). The number of halogens is 1. The molecule has 0 aromatic heterocycles. The van der Waals surface area contributed by atoms with Crippen LogP contribution in [0.4, 0.5) is 5.69 Å². The van der Waals surface area contributed by atoms with E-state index in [-0.39, 0.29) is 0 Å². The van der Waals surface area contributed by atoms with E-state index in [9.17, 15) is 0 Å². The average Bonchev–Trinajstić information content (AvgIpc) is 2.10. The molecular weight excluding hydrogens is 268 g/mol. The second-order valence-electron chi connectivity index (χ2n) is 2.01. The van der Waals surface area contributed by atoms with Crippen LogP contribution in [0.1, 0.15) is 0 Å². The Morgan fingerprint density at radius 2 is 2.31 bits per heavy atom. The summed E-state index contributed by atoms with van der Waals surface area (Å²) in [4.78, 5) is 4.71. The molecule has 0 N–H and O–H groups in total. The molecule has 0 saturated heterocycles. The van der Waals surface area contributed by atoms with Crippen LogP contribution >= 0.6 is 39.9 Å². The molecule has 1 aromatic rings. The SMILES string of the molecule is N#CSc1ccc(N=C=S)c(Br)c1. The quantitative estimate of drug-likeness (QED) is 0.355. The highest BCUT2D eigenvalue weighted by Crippen LogP contribution is 2.29. The van der Waals surface area contributed by atoms with Crippen LogP contribution in [-0.2, 0) is 0 Å². The molecule has 64 valence electrons. The summed E-state index contributed by atoms with van der Waals surface area (Å²) in [6.07, 6.45) is 0. The van der Waals surface area contributed by atoms with Gasteiger partial charge in [-0.15, -0.1) is 0 Å². The number of thioether (sulfide) groups is 1. The number of aliphatic imine (C=N–C) groups is 1. The summed E-state index contributed by atoms with van der Waals surface area (Å²) in [6.45, 7) is 0. The molecule has 1 aromatic carbocycles. The van der Waals surface area contributed by atoms with E-state index < -0.39 is 0 Å². The minimum absolute atomic E-state index is 0.720. The number of hydrogen-bond acceptors (Lipinski definition) is 4. The van der Waals surface area contributed by atoms with Crippen LogP contribution in [-0.4, -0.2) is 5.16 Å². The lowest BCUT2D eigenvalue weighted by Gasteiger charge is -1.97. The minimum Gasteiger partial charge on any atom is -0.194 e. The zero-order valence-corrected chi connectivity index (χ0v) is 9.54. The van der Waals surface area contributed by atoms with Crippen molar-refractivity contribution in [1.82, 2.24) is 0 Å². The van der Waals surface area contributed by atoms with Crippen LogP contribution in [0, 0.1) is 10.7 Å². The third kappa shape index (κ3) is 2.94. The van der Waals surface area contributed by atoms with Gasteiger partial charge in [0.25, 0.3) is 0 Å². The second-order valence-corrected chi connectivity index (χ2v) is 3.90. The van der Waals surface area contributed by atoms with E-state index in [1.54, 1.807) is 6.07 Å². The number of rotatable bonds is 2. The molecule has 2 nitrogen and oxygen atoms in total. The van der Waals surface area contributed by atoms with Crippen LogP contribution in [0.5, 0.6) is 0 Å². The first-order valence-corrected chi connectivity index (χ1v) is 5.23. The van der Waals surface area contributed by atoms with Gasteiger partial charge in [0.05, 0.1) is 10.8 Å². The fourth-order valence-electron chi connectivity index (χ4n) is 0.744. The third-order valence-electron chi connectivity index (χ3n) is 1.25. The number of hydrogen-bond donors (Lipinski definition) is 0. The molecule has 0 aliphatic carbocycles. The van der Waals surface area contributed by atoms with E-state index in [0.29, 0.717) is 0 Å². The zero-order chi connectivity index (χ0) is 9.68. The van der Waals surface area contributed by atoms with Crippen molar-refractivity contribution >= 4 is 50.8 Å². The largest absolute Gasteiger partial charge is 0.194 e. The smallest absolute Gasteiger partial charge is 0.138 e. The highest BCUT2D eigenvalue weighted by molar-refractivity contribution is 9.10. The standard InChI is InChI=1S/C8H3BrN2S2/c9-7-3-6(13-4-10)1-2-8(7)11-5-12/h1-3H. The van der Waals surface area contributed by atoms with Crippen molar-refractivity contribution in [2.24, 2.45) is 4.99 Å². The summed E-state index contributed by atoms with van der Waals surface area (Å²) in [5.41, 5.74) is 0.720. The summed E-state index contributed by atoms with van der Waals surface area (Å²) < 4.78 is 0.810. The lowest BCUT2D eigenvalue weighted by molar-refractivity contribution is 1.40. The second kappa shape index (κ2) is 5.15.